The number of carboxylic acids is 1. The molecule has 0 aliphatic carbocycles. The van der Waals surface area contributed by atoms with Gasteiger partial charge >= 0.3 is 12.0 Å². The zero-order chi connectivity index (χ0) is 31.5. The Morgan fingerprint density at radius 2 is 1.67 bits per heavy atom. The molecule has 3 rings (SSSR count). The van der Waals surface area contributed by atoms with Crippen molar-refractivity contribution in [2.24, 2.45) is 5.92 Å². The Morgan fingerprint density at radius 1 is 0.977 bits per heavy atom. The topological polar surface area (TPSA) is 169 Å². The third-order valence-corrected chi connectivity index (χ3v) is 7.14. The van der Waals surface area contributed by atoms with Gasteiger partial charge in [0.1, 0.15) is 6.04 Å². The molecule has 0 unspecified atom stereocenters. The molecule has 1 saturated heterocycles. The number of nitrogens with one attached hydrogen (secondary N) is 5. The maximum absolute atomic E-state index is 13.5. The zero-order valence-corrected chi connectivity index (χ0v) is 25.1. The standard InChI is InChI=1S/C31H42N6O6/c1-5-32-29(40)26(19(2)3)36-27(38)20(4)34-18-24(14-21-10-7-6-8-11-21)35-28(39)22-15-23(30(41)42)17-25(16-22)37-13-9-12-33-31(37)43/h6-8,10-11,15-17,19-20,24,26,34H,5,9,12-14,18H2,1-4H3,(H,32,40)(H,33,43)(H,35,39)(H,36,38)(H,41,42)/t20-,24-,26-/m0/s1. The van der Waals surface area contributed by atoms with E-state index in [0.717, 1.165) is 5.56 Å². The van der Waals surface area contributed by atoms with Crippen molar-refractivity contribution in [3.05, 3.63) is 65.2 Å². The van der Waals surface area contributed by atoms with E-state index >= 15 is 0 Å². The van der Waals surface area contributed by atoms with Crippen LogP contribution in [-0.2, 0) is 16.0 Å². The van der Waals surface area contributed by atoms with Crippen LogP contribution in [0.5, 0.6) is 0 Å². The van der Waals surface area contributed by atoms with Gasteiger partial charge in [-0.15, -0.1) is 0 Å². The normalized spacial score (nSPS) is 15.2. The minimum atomic E-state index is -1.22. The summed E-state index contributed by atoms with van der Waals surface area (Å²) >= 11 is 0. The summed E-state index contributed by atoms with van der Waals surface area (Å²) in [5, 5.41) is 24.1. The highest BCUT2D eigenvalue weighted by Gasteiger charge is 2.27. The van der Waals surface area contributed by atoms with E-state index in [2.05, 4.69) is 26.6 Å². The molecule has 1 aliphatic heterocycles. The van der Waals surface area contributed by atoms with Crippen LogP contribution in [0.3, 0.4) is 0 Å². The van der Waals surface area contributed by atoms with Crippen molar-refractivity contribution in [3.8, 4) is 0 Å². The summed E-state index contributed by atoms with van der Waals surface area (Å²) in [4.78, 5) is 64.6. The predicted octanol–water partition coefficient (Wildman–Crippen LogP) is 1.90. The molecule has 12 nitrogen and oxygen atoms in total. The van der Waals surface area contributed by atoms with E-state index in [4.69, 9.17) is 0 Å². The fourth-order valence-corrected chi connectivity index (χ4v) is 4.75. The van der Waals surface area contributed by atoms with Crippen LogP contribution in [0.4, 0.5) is 10.5 Å². The summed E-state index contributed by atoms with van der Waals surface area (Å²) in [6, 6.07) is 11.5. The van der Waals surface area contributed by atoms with Crippen molar-refractivity contribution in [2.45, 2.75) is 58.7 Å². The first-order chi connectivity index (χ1) is 20.5. The van der Waals surface area contributed by atoms with Gasteiger partial charge in [0.2, 0.25) is 11.8 Å². The molecule has 12 heteroatoms. The Morgan fingerprint density at radius 3 is 2.30 bits per heavy atom. The van der Waals surface area contributed by atoms with Gasteiger partial charge in [0, 0.05) is 43.5 Å². The largest absolute Gasteiger partial charge is 0.478 e. The molecule has 2 aromatic carbocycles. The van der Waals surface area contributed by atoms with Gasteiger partial charge in [0.05, 0.1) is 11.6 Å². The summed E-state index contributed by atoms with van der Waals surface area (Å²) in [5.74, 6) is -2.46. The van der Waals surface area contributed by atoms with Crippen molar-refractivity contribution in [1.82, 2.24) is 26.6 Å². The van der Waals surface area contributed by atoms with Gasteiger partial charge in [-0.1, -0.05) is 44.2 Å². The molecule has 1 heterocycles. The second-order valence-corrected chi connectivity index (χ2v) is 10.9. The number of hydrogen-bond acceptors (Lipinski definition) is 6. The van der Waals surface area contributed by atoms with Crippen LogP contribution in [0.2, 0.25) is 0 Å². The number of nitrogens with zero attached hydrogens (tertiary/aromatic N) is 1. The van der Waals surface area contributed by atoms with E-state index in [9.17, 15) is 29.1 Å². The number of carbonyl (C=O) groups is 5. The molecule has 2 aromatic rings. The molecule has 5 amide bonds. The van der Waals surface area contributed by atoms with Crippen molar-refractivity contribution < 1.29 is 29.1 Å². The van der Waals surface area contributed by atoms with Crippen LogP contribution in [-0.4, -0.2) is 79.1 Å². The molecule has 43 heavy (non-hydrogen) atoms. The lowest BCUT2D eigenvalue weighted by Gasteiger charge is -2.28. The maximum Gasteiger partial charge on any atom is 0.335 e. The second-order valence-electron chi connectivity index (χ2n) is 10.9. The predicted molar refractivity (Wildman–Crippen MR) is 163 cm³/mol. The smallest absolute Gasteiger partial charge is 0.335 e. The van der Waals surface area contributed by atoms with E-state index in [1.807, 2.05) is 51.1 Å². The highest BCUT2D eigenvalue weighted by molar-refractivity contribution is 6.01. The van der Waals surface area contributed by atoms with E-state index in [-0.39, 0.29) is 41.4 Å². The van der Waals surface area contributed by atoms with Crippen molar-refractivity contribution in [2.75, 3.05) is 31.1 Å². The van der Waals surface area contributed by atoms with E-state index in [1.165, 1.54) is 23.1 Å². The molecule has 3 atom stereocenters. The quantitative estimate of drug-likeness (QED) is 0.194. The van der Waals surface area contributed by atoms with E-state index in [0.29, 0.717) is 38.2 Å². The molecule has 0 saturated carbocycles. The lowest BCUT2D eigenvalue weighted by atomic mass is 10.0. The molecule has 6 N–H and O–H groups in total. The van der Waals surface area contributed by atoms with Gasteiger partial charge < -0.3 is 31.7 Å². The third kappa shape index (κ3) is 9.53. The third-order valence-electron chi connectivity index (χ3n) is 7.14. The molecule has 0 bridgehead atoms. The highest BCUT2D eigenvalue weighted by Crippen LogP contribution is 2.22. The number of hydrogen-bond donors (Lipinski definition) is 6. The summed E-state index contributed by atoms with van der Waals surface area (Å²) in [7, 11) is 0. The number of rotatable bonds is 14. The van der Waals surface area contributed by atoms with Crippen molar-refractivity contribution in [1.29, 1.82) is 0 Å². The number of carbonyl (C=O) groups excluding carboxylic acids is 4. The SMILES string of the molecule is CCNC(=O)[C@@H](NC(=O)[C@H](C)NC[C@H](Cc1ccccc1)NC(=O)c1cc(C(=O)O)cc(N2CCCNC2=O)c1)C(C)C. The van der Waals surface area contributed by atoms with Gasteiger partial charge in [-0.05, 0) is 56.4 Å². The Labute approximate surface area is 252 Å². The van der Waals surface area contributed by atoms with Crippen LogP contribution in [0.15, 0.2) is 48.5 Å². The minimum absolute atomic E-state index is 0.0961. The zero-order valence-electron chi connectivity index (χ0n) is 25.1. The minimum Gasteiger partial charge on any atom is -0.478 e. The Bertz CT molecular complexity index is 1300. The highest BCUT2D eigenvalue weighted by atomic mass is 16.4. The lowest BCUT2D eigenvalue weighted by molar-refractivity contribution is -0.130. The average Bonchev–Trinajstić information content (AvgIpc) is 2.98. The first-order valence-corrected chi connectivity index (χ1v) is 14.6. The molecule has 1 aliphatic rings. The van der Waals surface area contributed by atoms with Gasteiger partial charge in [-0.2, -0.15) is 0 Å². The lowest BCUT2D eigenvalue weighted by Crippen LogP contribution is -2.55. The van der Waals surface area contributed by atoms with Gasteiger partial charge in [-0.25, -0.2) is 9.59 Å². The van der Waals surface area contributed by atoms with Gasteiger partial charge in [0.25, 0.3) is 5.91 Å². The van der Waals surface area contributed by atoms with E-state index < -0.39 is 30.0 Å². The Kier molecular flexibility index (Phi) is 12.1. The molecular weight excluding hydrogens is 552 g/mol. The second kappa shape index (κ2) is 15.7. The number of benzene rings is 2. The number of urea groups is 1. The number of amides is 5. The molecule has 0 spiro atoms. The first-order valence-electron chi connectivity index (χ1n) is 14.6. The monoisotopic (exact) mass is 594 g/mol. The molecule has 0 radical (unpaired) electrons. The van der Waals surface area contributed by atoms with Crippen LogP contribution in [0.25, 0.3) is 0 Å². The van der Waals surface area contributed by atoms with Gasteiger partial charge in [0.15, 0.2) is 0 Å². The van der Waals surface area contributed by atoms with Crippen molar-refractivity contribution in [3.63, 3.8) is 0 Å². The molecular formula is C31H42N6O6. The van der Waals surface area contributed by atoms with Crippen LogP contribution in [0.1, 0.15) is 60.4 Å². The fourth-order valence-electron chi connectivity index (χ4n) is 4.75. The van der Waals surface area contributed by atoms with Crippen LogP contribution in [0, 0.1) is 5.92 Å². The average molecular weight is 595 g/mol. The summed E-state index contributed by atoms with van der Waals surface area (Å²) in [5.41, 5.74) is 1.25. The first kappa shape index (κ1) is 33.1. The fraction of sp³-hybridized carbons (Fsp3) is 0.452. The van der Waals surface area contributed by atoms with Crippen molar-refractivity contribution >= 4 is 35.4 Å². The van der Waals surface area contributed by atoms with Crippen LogP contribution >= 0.6 is 0 Å². The molecule has 232 valence electrons. The number of carboxylic acid groups (broad SMARTS) is 1. The number of likely N-dealkylation sites (N-methyl/N-ethyl adjacent to an activating group) is 1. The summed E-state index contributed by atoms with van der Waals surface area (Å²) < 4.78 is 0. The van der Waals surface area contributed by atoms with E-state index in [1.54, 1.807) is 6.92 Å². The Balaban J connectivity index is 1.77. The number of aromatic carboxylic acids is 1. The molecule has 1 fully saturated rings. The maximum atomic E-state index is 13.5. The Hall–Kier alpha value is -4.45. The summed E-state index contributed by atoms with van der Waals surface area (Å²) in [6.45, 7) is 8.78. The van der Waals surface area contributed by atoms with Gasteiger partial charge in [-0.3, -0.25) is 19.3 Å². The van der Waals surface area contributed by atoms with Crippen LogP contribution < -0.4 is 31.5 Å². The molecule has 0 aromatic heterocycles. The number of anilines is 1. The summed E-state index contributed by atoms with van der Waals surface area (Å²) in [6.07, 6.45) is 1.11.